The maximum Gasteiger partial charge on any atom is 0.360 e. The van der Waals surface area contributed by atoms with E-state index in [1.807, 2.05) is 6.07 Å². The minimum Gasteiger partial charge on any atom is -0.489 e. The van der Waals surface area contributed by atoms with E-state index in [0.29, 0.717) is 17.1 Å². The fourth-order valence-electron chi connectivity index (χ4n) is 2.25. The molecule has 1 heterocycles. The quantitative estimate of drug-likeness (QED) is 0.628. The highest BCUT2D eigenvalue weighted by atomic mass is 19.1. The summed E-state index contributed by atoms with van der Waals surface area (Å²) in [4.78, 5) is 11.6. The van der Waals surface area contributed by atoms with Crippen LogP contribution in [0.5, 0.6) is 5.75 Å². The lowest BCUT2D eigenvalue weighted by molar-refractivity contribution is 0.0514. The minimum atomic E-state index is -0.531. The van der Waals surface area contributed by atoms with Crippen LogP contribution in [0, 0.1) is 5.82 Å². The van der Waals surface area contributed by atoms with Crippen molar-refractivity contribution in [1.82, 2.24) is 5.16 Å². The van der Waals surface area contributed by atoms with Crippen molar-refractivity contribution in [3.05, 3.63) is 71.7 Å². The number of ether oxygens (including phenoxy) is 2. The number of esters is 1. The Morgan fingerprint density at radius 3 is 2.80 bits per heavy atom. The van der Waals surface area contributed by atoms with E-state index in [4.69, 9.17) is 14.0 Å². The zero-order valence-corrected chi connectivity index (χ0v) is 13.6. The van der Waals surface area contributed by atoms with E-state index in [0.717, 1.165) is 5.56 Å². The van der Waals surface area contributed by atoms with Crippen molar-refractivity contribution in [3.63, 3.8) is 0 Å². The standard InChI is InChI=1S/C19H16FNO4/c1-2-23-19(22)17-11-18(25-21-17)14-6-4-8-16(10-14)24-12-13-5-3-7-15(20)9-13/h3-11H,2,12H2,1H3. The van der Waals surface area contributed by atoms with Crippen molar-refractivity contribution in [3.8, 4) is 17.1 Å². The molecule has 0 radical (unpaired) electrons. The van der Waals surface area contributed by atoms with Crippen molar-refractivity contribution < 1.29 is 23.2 Å². The van der Waals surface area contributed by atoms with Gasteiger partial charge in [-0.1, -0.05) is 29.4 Å². The molecule has 25 heavy (non-hydrogen) atoms. The van der Waals surface area contributed by atoms with Gasteiger partial charge in [0.2, 0.25) is 0 Å². The van der Waals surface area contributed by atoms with Crippen molar-refractivity contribution in [2.75, 3.05) is 6.61 Å². The number of benzene rings is 2. The second-order valence-electron chi connectivity index (χ2n) is 5.24. The van der Waals surface area contributed by atoms with E-state index in [1.54, 1.807) is 37.3 Å². The van der Waals surface area contributed by atoms with Crippen LogP contribution < -0.4 is 4.74 Å². The number of carbonyl (C=O) groups excluding carboxylic acids is 1. The summed E-state index contributed by atoms with van der Waals surface area (Å²) in [5.41, 5.74) is 1.55. The Kier molecular flexibility index (Phi) is 5.09. The molecule has 3 aromatic rings. The van der Waals surface area contributed by atoms with Crippen LogP contribution in [0.15, 0.2) is 59.1 Å². The Morgan fingerprint density at radius 1 is 1.16 bits per heavy atom. The average molecular weight is 341 g/mol. The minimum absolute atomic E-state index is 0.114. The fraction of sp³-hybridized carbons (Fsp3) is 0.158. The molecule has 0 N–H and O–H groups in total. The first-order valence-electron chi connectivity index (χ1n) is 7.77. The van der Waals surface area contributed by atoms with E-state index >= 15 is 0 Å². The molecule has 0 amide bonds. The molecular formula is C19H16FNO4. The van der Waals surface area contributed by atoms with Gasteiger partial charge in [0.25, 0.3) is 0 Å². The van der Waals surface area contributed by atoms with E-state index in [1.165, 1.54) is 18.2 Å². The molecule has 1 aromatic heterocycles. The van der Waals surface area contributed by atoms with Crippen LogP contribution >= 0.6 is 0 Å². The summed E-state index contributed by atoms with van der Waals surface area (Å²) in [5, 5.41) is 3.71. The molecule has 3 rings (SSSR count). The number of carbonyl (C=O) groups is 1. The van der Waals surface area contributed by atoms with Gasteiger partial charge in [-0.2, -0.15) is 0 Å². The number of aromatic nitrogens is 1. The van der Waals surface area contributed by atoms with E-state index < -0.39 is 5.97 Å². The first-order valence-corrected chi connectivity index (χ1v) is 7.77. The fourth-order valence-corrected chi connectivity index (χ4v) is 2.25. The van der Waals surface area contributed by atoms with Gasteiger partial charge in [-0.25, -0.2) is 9.18 Å². The second kappa shape index (κ2) is 7.61. The summed E-state index contributed by atoms with van der Waals surface area (Å²) >= 11 is 0. The van der Waals surface area contributed by atoms with Crippen LogP contribution in [-0.4, -0.2) is 17.7 Å². The van der Waals surface area contributed by atoms with Crippen LogP contribution in [0.25, 0.3) is 11.3 Å². The third-order valence-electron chi connectivity index (χ3n) is 3.41. The lowest BCUT2D eigenvalue weighted by Crippen LogP contribution is -2.04. The zero-order valence-electron chi connectivity index (χ0n) is 13.6. The molecule has 0 saturated heterocycles. The van der Waals surface area contributed by atoms with Gasteiger partial charge in [-0.3, -0.25) is 0 Å². The van der Waals surface area contributed by atoms with Crippen LogP contribution in [0.3, 0.4) is 0 Å². The number of rotatable bonds is 6. The van der Waals surface area contributed by atoms with Crippen molar-refractivity contribution >= 4 is 5.97 Å². The third kappa shape index (κ3) is 4.23. The monoisotopic (exact) mass is 341 g/mol. The van der Waals surface area contributed by atoms with Crippen molar-refractivity contribution in [2.45, 2.75) is 13.5 Å². The molecule has 0 aliphatic carbocycles. The maximum atomic E-state index is 13.2. The number of nitrogens with zero attached hydrogens (tertiary/aromatic N) is 1. The molecule has 0 aliphatic heterocycles. The molecule has 0 unspecified atom stereocenters. The molecule has 0 fully saturated rings. The van der Waals surface area contributed by atoms with E-state index in [2.05, 4.69) is 5.16 Å². The highest BCUT2D eigenvalue weighted by Gasteiger charge is 2.14. The van der Waals surface area contributed by atoms with Crippen molar-refractivity contribution in [1.29, 1.82) is 0 Å². The van der Waals surface area contributed by atoms with Crippen LogP contribution in [0.4, 0.5) is 4.39 Å². The second-order valence-corrected chi connectivity index (χ2v) is 5.24. The summed E-state index contributed by atoms with van der Waals surface area (Å²) in [7, 11) is 0. The molecule has 0 bridgehead atoms. The molecule has 0 saturated carbocycles. The maximum absolute atomic E-state index is 13.2. The van der Waals surface area contributed by atoms with E-state index in [9.17, 15) is 9.18 Å². The Hall–Kier alpha value is -3.15. The number of hydrogen-bond donors (Lipinski definition) is 0. The van der Waals surface area contributed by atoms with Crippen LogP contribution in [0.1, 0.15) is 23.0 Å². The SMILES string of the molecule is CCOC(=O)c1cc(-c2cccc(OCc3cccc(F)c3)c2)on1. The summed E-state index contributed by atoms with van der Waals surface area (Å²) in [6.07, 6.45) is 0. The Morgan fingerprint density at radius 2 is 2.00 bits per heavy atom. The van der Waals surface area contributed by atoms with E-state index in [-0.39, 0.29) is 24.7 Å². The first-order chi connectivity index (χ1) is 12.2. The smallest absolute Gasteiger partial charge is 0.360 e. The third-order valence-corrected chi connectivity index (χ3v) is 3.41. The molecule has 5 nitrogen and oxygen atoms in total. The highest BCUT2D eigenvalue weighted by molar-refractivity contribution is 5.88. The van der Waals surface area contributed by atoms with Gasteiger partial charge in [0, 0.05) is 11.6 Å². The molecular weight excluding hydrogens is 325 g/mol. The predicted molar refractivity (Wildman–Crippen MR) is 88.6 cm³/mol. The lowest BCUT2D eigenvalue weighted by Gasteiger charge is -2.07. The van der Waals surface area contributed by atoms with Crippen LogP contribution in [0.2, 0.25) is 0 Å². The lowest BCUT2D eigenvalue weighted by atomic mass is 10.1. The number of hydrogen-bond acceptors (Lipinski definition) is 5. The van der Waals surface area contributed by atoms with Crippen molar-refractivity contribution in [2.24, 2.45) is 0 Å². The Labute approximate surface area is 144 Å². The predicted octanol–water partition coefficient (Wildman–Crippen LogP) is 4.24. The number of halogens is 1. The first kappa shape index (κ1) is 16.7. The Balaban J connectivity index is 1.72. The Bertz CT molecular complexity index is 875. The van der Waals surface area contributed by atoms with Gasteiger partial charge < -0.3 is 14.0 Å². The van der Waals surface area contributed by atoms with Gasteiger partial charge >= 0.3 is 5.97 Å². The molecule has 6 heteroatoms. The zero-order chi connectivity index (χ0) is 17.6. The van der Waals surface area contributed by atoms with Gasteiger partial charge in [-0.15, -0.1) is 0 Å². The topological polar surface area (TPSA) is 61.6 Å². The summed E-state index contributed by atoms with van der Waals surface area (Å²) < 4.78 is 28.9. The summed E-state index contributed by atoms with van der Waals surface area (Å²) in [5.74, 6) is 0.189. The molecule has 2 aromatic carbocycles. The van der Waals surface area contributed by atoms with Gasteiger partial charge in [0.15, 0.2) is 11.5 Å². The molecule has 0 spiro atoms. The summed E-state index contributed by atoms with van der Waals surface area (Å²) in [6.45, 7) is 2.23. The average Bonchev–Trinajstić information content (AvgIpc) is 3.11. The van der Waals surface area contributed by atoms with Crippen LogP contribution in [-0.2, 0) is 11.3 Å². The van der Waals surface area contributed by atoms with Gasteiger partial charge in [0.1, 0.15) is 18.2 Å². The van der Waals surface area contributed by atoms with Gasteiger partial charge in [0.05, 0.1) is 6.61 Å². The normalized spacial score (nSPS) is 10.5. The van der Waals surface area contributed by atoms with Gasteiger partial charge in [-0.05, 0) is 36.8 Å². The highest BCUT2D eigenvalue weighted by Crippen LogP contribution is 2.25. The summed E-state index contributed by atoms with van der Waals surface area (Å²) in [6, 6.07) is 14.9. The largest absolute Gasteiger partial charge is 0.489 e. The molecule has 0 aliphatic rings. The molecule has 128 valence electrons. The molecule has 0 atom stereocenters.